The Hall–Kier alpha value is -1.94. The molecule has 0 atom stereocenters. The number of aromatic nitrogens is 1. The van der Waals surface area contributed by atoms with Crippen LogP contribution in [0.5, 0.6) is 11.5 Å². The molecule has 1 aromatic heterocycles. The third-order valence-electron chi connectivity index (χ3n) is 3.07. The maximum Gasteiger partial charge on any atom is 0.140 e. The third kappa shape index (κ3) is 2.96. The van der Waals surface area contributed by atoms with Gasteiger partial charge in [0, 0.05) is 29.1 Å². The molecule has 0 saturated heterocycles. The summed E-state index contributed by atoms with van der Waals surface area (Å²) in [5.74, 6) is 1.38. The molecule has 5 heteroatoms. The second-order valence-electron chi connectivity index (χ2n) is 4.52. The summed E-state index contributed by atoms with van der Waals surface area (Å²) < 4.78 is 11.1. The number of nitrogens with zero attached hydrogens (tertiary/aromatic N) is 1. The number of halogens is 1. The second-order valence-corrected chi connectivity index (χ2v) is 4.93. The highest BCUT2D eigenvalue weighted by Gasteiger charge is 2.11. The van der Waals surface area contributed by atoms with E-state index in [9.17, 15) is 0 Å². The monoisotopic (exact) mass is 292 g/mol. The van der Waals surface area contributed by atoms with Gasteiger partial charge in [-0.05, 0) is 26.0 Å². The molecular formula is C15H17ClN2O2. The number of pyridine rings is 1. The van der Waals surface area contributed by atoms with Crippen LogP contribution in [0, 0.1) is 13.8 Å². The maximum atomic E-state index is 6.06. The average Bonchev–Trinajstić information content (AvgIpc) is 2.42. The van der Waals surface area contributed by atoms with Gasteiger partial charge in [-0.15, -0.1) is 0 Å². The van der Waals surface area contributed by atoms with Crippen LogP contribution in [0.1, 0.15) is 16.8 Å². The first-order valence-electron chi connectivity index (χ1n) is 6.19. The lowest BCUT2D eigenvalue weighted by Gasteiger charge is -2.13. The Balaban J connectivity index is 2.21. The zero-order valence-electron chi connectivity index (χ0n) is 11.7. The Morgan fingerprint density at radius 1 is 1.30 bits per heavy atom. The van der Waals surface area contributed by atoms with Gasteiger partial charge in [-0.3, -0.25) is 4.98 Å². The van der Waals surface area contributed by atoms with Gasteiger partial charge in [0.2, 0.25) is 0 Å². The molecule has 0 spiro atoms. The molecule has 4 nitrogen and oxygen atoms in total. The van der Waals surface area contributed by atoms with E-state index in [2.05, 4.69) is 4.98 Å². The Bertz CT molecular complexity index is 630. The summed E-state index contributed by atoms with van der Waals surface area (Å²) in [5, 5.41) is 0.524. The summed E-state index contributed by atoms with van der Waals surface area (Å²) in [4.78, 5) is 4.37. The molecule has 0 saturated carbocycles. The molecule has 2 aromatic rings. The number of methoxy groups -OCH3 is 1. The van der Waals surface area contributed by atoms with Crippen molar-refractivity contribution < 1.29 is 9.47 Å². The standard InChI is InChI=1S/C15H17ClN2O2/c1-9-7-18-13(10(2)15(9)19-3)8-20-14-6-11(17)4-5-12(14)16/h4-7H,8,17H2,1-3H3. The van der Waals surface area contributed by atoms with Crippen molar-refractivity contribution in [1.82, 2.24) is 4.98 Å². The molecule has 1 heterocycles. The molecule has 20 heavy (non-hydrogen) atoms. The summed E-state index contributed by atoms with van der Waals surface area (Å²) in [6, 6.07) is 5.14. The van der Waals surface area contributed by atoms with E-state index in [0.717, 1.165) is 22.6 Å². The zero-order valence-corrected chi connectivity index (χ0v) is 12.5. The molecule has 0 aliphatic carbocycles. The van der Waals surface area contributed by atoms with Gasteiger partial charge in [0.25, 0.3) is 0 Å². The lowest BCUT2D eigenvalue weighted by Crippen LogP contribution is -2.04. The third-order valence-corrected chi connectivity index (χ3v) is 3.38. The highest BCUT2D eigenvalue weighted by molar-refractivity contribution is 6.32. The summed E-state index contributed by atoms with van der Waals surface area (Å²) in [7, 11) is 1.65. The molecule has 2 rings (SSSR count). The quantitative estimate of drug-likeness (QED) is 0.876. The van der Waals surface area contributed by atoms with E-state index in [1.54, 1.807) is 31.5 Å². The van der Waals surface area contributed by atoms with E-state index < -0.39 is 0 Å². The molecule has 0 radical (unpaired) electrons. The van der Waals surface area contributed by atoms with Crippen LogP contribution in [0.2, 0.25) is 5.02 Å². The Morgan fingerprint density at radius 3 is 2.75 bits per heavy atom. The van der Waals surface area contributed by atoms with Gasteiger partial charge in [-0.1, -0.05) is 11.6 Å². The first kappa shape index (κ1) is 14.5. The molecule has 106 valence electrons. The largest absolute Gasteiger partial charge is 0.496 e. The van der Waals surface area contributed by atoms with Crippen molar-refractivity contribution in [3.63, 3.8) is 0 Å². The van der Waals surface area contributed by atoms with Crippen LogP contribution in [0.25, 0.3) is 0 Å². The van der Waals surface area contributed by atoms with Gasteiger partial charge >= 0.3 is 0 Å². The number of hydrogen-bond donors (Lipinski definition) is 1. The minimum atomic E-state index is 0.311. The van der Waals surface area contributed by atoms with Crippen molar-refractivity contribution in [3.8, 4) is 11.5 Å². The lowest BCUT2D eigenvalue weighted by molar-refractivity contribution is 0.299. The Labute approximate surface area is 123 Å². The molecule has 0 aliphatic rings. The van der Waals surface area contributed by atoms with Crippen LogP contribution in [0.3, 0.4) is 0 Å². The van der Waals surface area contributed by atoms with Crippen LogP contribution in [-0.2, 0) is 6.61 Å². The fourth-order valence-electron chi connectivity index (χ4n) is 1.99. The summed E-state index contributed by atoms with van der Waals surface area (Å²) in [5.41, 5.74) is 9.10. The van der Waals surface area contributed by atoms with Crippen molar-refractivity contribution in [2.75, 3.05) is 12.8 Å². The van der Waals surface area contributed by atoms with Gasteiger partial charge < -0.3 is 15.2 Å². The number of nitrogen functional groups attached to an aromatic ring is 1. The summed E-state index contributed by atoms with van der Waals surface area (Å²) >= 11 is 6.06. The average molecular weight is 293 g/mol. The predicted octanol–water partition coefficient (Wildman–Crippen LogP) is 3.52. The van der Waals surface area contributed by atoms with Crippen LogP contribution in [0.15, 0.2) is 24.4 Å². The summed E-state index contributed by atoms with van der Waals surface area (Å²) in [6.07, 6.45) is 1.77. The molecule has 0 unspecified atom stereocenters. The highest BCUT2D eigenvalue weighted by atomic mass is 35.5. The normalized spacial score (nSPS) is 10.4. The molecular weight excluding hydrogens is 276 g/mol. The highest BCUT2D eigenvalue weighted by Crippen LogP contribution is 2.29. The van der Waals surface area contributed by atoms with Crippen molar-refractivity contribution in [1.29, 1.82) is 0 Å². The van der Waals surface area contributed by atoms with E-state index in [1.165, 1.54) is 0 Å². The molecule has 0 bridgehead atoms. The van der Waals surface area contributed by atoms with Crippen LogP contribution >= 0.6 is 11.6 Å². The van der Waals surface area contributed by atoms with Gasteiger partial charge in [-0.25, -0.2) is 0 Å². The number of nitrogens with two attached hydrogens (primary N) is 1. The Morgan fingerprint density at radius 2 is 2.05 bits per heavy atom. The maximum absolute atomic E-state index is 6.06. The number of rotatable bonds is 4. The fraction of sp³-hybridized carbons (Fsp3) is 0.267. The van der Waals surface area contributed by atoms with Gasteiger partial charge in [-0.2, -0.15) is 0 Å². The Kier molecular flexibility index (Phi) is 4.35. The van der Waals surface area contributed by atoms with E-state index in [-0.39, 0.29) is 0 Å². The fourth-order valence-corrected chi connectivity index (χ4v) is 2.17. The van der Waals surface area contributed by atoms with Gasteiger partial charge in [0.15, 0.2) is 0 Å². The van der Waals surface area contributed by atoms with Crippen molar-refractivity contribution in [2.45, 2.75) is 20.5 Å². The first-order chi connectivity index (χ1) is 9.52. The number of aryl methyl sites for hydroxylation is 1. The number of benzene rings is 1. The minimum Gasteiger partial charge on any atom is -0.496 e. The van der Waals surface area contributed by atoms with Crippen LogP contribution in [-0.4, -0.2) is 12.1 Å². The van der Waals surface area contributed by atoms with Crippen LogP contribution < -0.4 is 15.2 Å². The molecule has 0 aliphatic heterocycles. The minimum absolute atomic E-state index is 0.311. The topological polar surface area (TPSA) is 57.4 Å². The van der Waals surface area contributed by atoms with Crippen LogP contribution in [0.4, 0.5) is 5.69 Å². The molecule has 1 aromatic carbocycles. The first-order valence-corrected chi connectivity index (χ1v) is 6.57. The zero-order chi connectivity index (χ0) is 14.7. The van der Waals surface area contributed by atoms with E-state index in [1.807, 2.05) is 13.8 Å². The molecule has 0 fully saturated rings. The van der Waals surface area contributed by atoms with Gasteiger partial charge in [0.05, 0.1) is 17.8 Å². The van der Waals surface area contributed by atoms with Gasteiger partial charge in [0.1, 0.15) is 18.1 Å². The van der Waals surface area contributed by atoms with Crippen molar-refractivity contribution in [3.05, 3.63) is 46.2 Å². The number of hydrogen-bond acceptors (Lipinski definition) is 4. The smallest absolute Gasteiger partial charge is 0.140 e. The second kappa shape index (κ2) is 6.01. The summed E-state index contributed by atoms with van der Waals surface area (Å²) in [6.45, 7) is 4.22. The van der Waals surface area contributed by atoms with E-state index in [4.69, 9.17) is 26.8 Å². The lowest BCUT2D eigenvalue weighted by atomic mass is 10.1. The van der Waals surface area contributed by atoms with Crippen molar-refractivity contribution in [2.24, 2.45) is 0 Å². The SMILES string of the molecule is COc1c(C)cnc(COc2cc(N)ccc2Cl)c1C. The van der Waals surface area contributed by atoms with Crippen molar-refractivity contribution >= 4 is 17.3 Å². The predicted molar refractivity (Wildman–Crippen MR) is 80.5 cm³/mol. The molecule has 0 amide bonds. The van der Waals surface area contributed by atoms with E-state index >= 15 is 0 Å². The number of ether oxygens (including phenoxy) is 2. The number of anilines is 1. The molecule has 2 N–H and O–H groups in total. The van der Waals surface area contributed by atoms with E-state index in [0.29, 0.717) is 23.1 Å².